The number of phenols is 1. The van der Waals surface area contributed by atoms with Gasteiger partial charge < -0.3 is 10.1 Å². The maximum Gasteiger partial charge on any atom is 0.116 e. The van der Waals surface area contributed by atoms with Crippen molar-refractivity contribution in [3.8, 4) is 16.9 Å². The van der Waals surface area contributed by atoms with E-state index in [1.54, 1.807) is 12.1 Å². The number of aromatic hydroxyl groups is 1. The van der Waals surface area contributed by atoms with Gasteiger partial charge in [-0.1, -0.05) is 36.4 Å². The van der Waals surface area contributed by atoms with E-state index < -0.39 is 0 Å². The van der Waals surface area contributed by atoms with Crippen LogP contribution < -0.4 is 0 Å². The van der Waals surface area contributed by atoms with Crippen LogP contribution in [-0.4, -0.2) is 10.1 Å². The number of para-hydroxylation sites is 1. The zero-order chi connectivity index (χ0) is 13.5. The van der Waals surface area contributed by atoms with Gasteiger partial charge in [0.1, 0.15) is 5.75 Å². The first-order chi connectivity index (χ1) is 9.81. The molecular weight excluding hydrogens is 246 g/mol. The molecule has 1 heterocycles. The molecule has 3 aromatic carbocycles. The third-order valence-corrected chi connectivity index (χ3v) is 3.72. The lowest BCUT2D eigenvalue weighted by Gasteiger charge is -2.03. The van der Waals surface area contributed by atoms with Crippen LogP contribution in [0.2, 0.25) is 0 Å². The van der Waals surface area contributed by atoms with Crippen LogP contribution in [0.5, 0.6) is 5.75 Å². The summed E-state index contributed by atoms with van der Waals surface area (Å²) in [5, 5.41) is 12.9. The van der Waals surface area contributed by atoms with Crippen LogP contribution in [0.4, 0.5) is 0 Å². The number of rotatable bonds is 1. The highest BCUT2D eigenvalue weighted by Gasteiger charge is 2.06. The molecule has 0 aliphatic heterocycles. The van der Waals surface area contributed by atoms with Gasteiger partial charge in [0.05, 0.1) is 0 Å². The fraction of sp³-hybridized carbons (Fsp3) is 0. The van der Waals surface area contributed by atoms with E-state index in [2.05, 4.69) is 35.3 Å². The highest BCUT2D eigenvalue weighted by molar-refractivity contribution is 5.98. The summed E-state index contributed by atoms with van der Waals surface area (Å²) in [4.78, 5) is 3.30. The summed E-state index contributed by atoms with van der Waals surface area (Å²) in [6.45, 7) is 0. The van der Waals surface area contributed by atoms with E-state index in [0.717, 1.165) is 16.3 Å². The van der Waals surface area contributed by atoms with Crippen molar-refractivity contribution in [3.63, 3.8) is 0 Å². The van der Waals surface area contributed by atoms with E-state index in [4.69, 9.17) is 0 Å². The third kappa shape index (κ3) is 1.66. The van der Waals surface area contributed by atoms with Crippen LogP contribution >= 0.6 is 0 Å². The van der Waals surface area contributed by atoms with E-state index in [0.29, 0.717) is 5.75 Å². The minimum absolute atomic E-state index is 0.303. The second-order valence-electron chi connectivity index (χ2n) is 4.99. The molecule has 2 N–H and O–H groups in total. The first-order valence-electron chi connectivity index (χ1n) is 6.60. The largest absolute Gasteiger partial charge is 0.508 e. The molecule has 20 heavy (non-hydrogen) atoms. The van der Waals surface area contributed by atoms with Crippen LogP contribution in [0.1, 0.15) is 0 Å². The molecule has 0 saturated carbocycles. The number of benzene rings is 3. The lowest BCUT2D eigenvalue weighted by molar-refractivity contribution is 0.476. The van der Waals surface area contributed by atoms with Crippen molar-refractivity contribution in [3.05, 3.63) is 66.9 Å². The number of H-pyrrole nitrogens is 1. The molecule has 2 heteroatoms. The molecule has 0 radical (unpaired) electrons. The average Bonchev–Trinajstić information content (AvgIpc) is 2.91. The van der Waals surface area contributed by atoms with E-state index >= 15 is 0 Å². The Labute approximate surface area is 116 Å². The Balaban J connectivity index is 1.96. The maximum absolute atomic E-state index is 9.52. The highest BCUT2D eigenvalue weighted by atomic mass is 16.3. The Kier molecular flexibility index (Phi) is 2.30. The molecule has 0 fully saturated rings. The summed E-state index contributed by atoms with van der Waals surface area (Å²) in [6, 6.07) is 20.1. The summed E-state index contributed by atoms with van der Waals surface area (Å²) in [5.74, 6) is 0.303. The zero-order valence-electron chi connectivity index (χ0n) is 10.8. The van der Waals surface area contributed by atoms with E-state index in [-0.39, 0.29) is 0 Å². The maximum atomic E-state index is 9.52. The fourth-order valence-corrected chi connectivity index (χ4v) is 2.71. The Morgan fingerprint density at radius 3 is 2.55 bits per heavy atom. The number of phenolic OH excluding ortho intramolecular Hbond substituents is 1. The van der Waals surface area contributed by atoms with E-state index in [1.807, 2.05) is 24.4 Å². The third-order valence-electron chi connectivity index (χ3n) is 3.72. The smallest absolute Gasteiger partial charge is 0.116 e. The summed E-state index contributed by atoms with van der Waals surface area (Å²) >= 11 is 0. The molecule has 0 saturated heterocycles. The number of fused-ring (bicyclic) bond motifs is 2. The van der Waals surface area contributed by atoms with Crippen LogP contribution in [0.3, 0.4) is 0 Å². The molecule has 0 atom stereocenters. The lowest BCUT2D eigenvalue weighted by Crippen LogP contribution is -1.78. The van der Waals surface area contributed by atoms with Crippen molar-refractivity contribution in [1.29, 1.82) is 0 Å². The minimum Gasteiger partial charge on any atom is -0.508 e. The van der Waals surface area contributed by atoms with E-state index in [9.17, 15) is 5.11 Å². The summed E-state index contributed by atoms with van der Waals surface area (Å²) in [7, 11) is 0. The monoisotopic (exact) mass is 259 g/mol. The molecule has 0 bridgehead atoms. The van der Waals surface area contributed by atoms with Gasteiger partial charge in [0.25, 0.3) is 0 Å². The van der Waals surface area contributed by atoms with Crippen LogP contribution in [-0.2, 0) is 0 Å². The molecule has 0 aliphatic carbocycles. The van der Waals surface area contributed by atoms with Crippen molar-refractivity contribution in [2.45, 2.75) is 0 Å². The van der Waals surface area contributed by atoms with Gasteiger partial charge in [-0.3, -0.25) is 0 Å². The van der Waals surface area contributed by atoms with Crippen LogP contribution in [0, 0.1) is 0 Å². The fourth-order valence-electron chi connectivity index (χ4n) is 2.71. The number of aromatic nitrogens is 1. The van der Waals surface area contributed by atoms with Crippen molar-refractivity contribution >= 4 is 21.7 Å². The summed E-state index contributed by atoms with van der Waals surface area (Å²) in [6.07, 6.45) is 2.05. The summed E-state index contributed by atoms with van der Waals surface area (Å²) < 4.78 is 0. The molecule has 0 amide bonds. The lowest BCUT2D eigenvalue weighted by atomic mass is 10.0. The molecular formula is C18H13NO. The van der Waals surface area contributed by atoms with Gasteiger partial charge in [0.2, 0.25) is 0 Å². The van der Waals surface area contributed by atoms with Crippen molar-refractivity contribution in [1.82, 2.24) is 4.98 Å². The van der Waals surface area contributed by atoms with Crippen molar-refractivity contribution in [2.75, 3.05) is 0 Å². The second-order valence-corrected chi connectivity index (χ2v) is 4.99. The quantitative estimate of drug-likeness (QED) is 0.511. The molecule has 0 unspecified atom stereocenters. The van der Waals surface area contributed by atoms with Gasteiger partial charge in [-0.25, -0.2) is 0 Å². The molecule has 2 nitrogen and oxygen atoms in total. The molecule has 96 valence electrons. The normalized spacial score (nSPS) is 11.2. The summed E-state index contributed by atoms with van der Waals surface area (Å²) in [5.41, 5.74) is 3.53. The Bertz CT molecular complexity index is 921. The topological polar surface area (TPSA) is 36.0 Å². The minimum atomic E-state index is 0.303. The molecule has 0 spiro atoms. The van der Waals surface area contributed by atoms with Crippen molar-refractivity contribution < 1.29 is 5.11 Å². The standard InChI is InChI=1S/C18H13NO/c20-15-8-7-12-9-14(6-5-13(12)10-15)17-11-19-18-4-2-1-3-16(17)18/h1-11,19-20H. The first-order valence-corrected chi connectivity index (χ1v) is 6.60. The Morgan fingerprint density at radius 2 is 1.60 bits per heavy atom. The molecule has 4 rings (SSSR count). The molecule has 0 aliphatic rings. The van der Waals surface area contributed by atoms with E-state index in [1.165, 1.54) is 16.5 Å². The van der Waals surface area contributed by atoms with Gasteiger partial charge in [0.15, 0.2) is 0 Å². The second kappa shape index (κ2) is 4.14. The SMILES string of the molecule is Oc1ccc2cc(-c3c[nH]c4ccccc34)ccc2c1. The van der Waals surface area contributed by atoms with Gasteiger partial charge in [-0.05, 0) is 40.6 Å². The number of hydrogen-bond donors (Lipinski definition) is 2. The average molecular weight is 259 g/mol. The van der Waals surface area contributed by atoms with Gasteiger partial charge in [-0.15, -0.1) is 0 Å². The Morgan fingerprint density at radius 1 is 0.800 bits per heavy atom. The number of hydrogen-bond acceptors (Lipinski definition) is 1. The zero-order valence-corrected chi connectivity index (χ0v) is 10.8. The van der Waals surface area contributed by atoms with Gasteiger partial charge in [0, 0.05) is 22.7 Å². The predicted molar refractivity (Wildman–Crippen MR) is 82.9 cm³/mol. The van der Waals surface area contributed by atoms with Gasteiger partial charge >= 0.3 is 0 Å². The van der Waals surface area contributed by atoms with Crippen LogP contribution in [0.25, 0.3) is 32.8 Å². The number of aromatic amines is 1. The number of nitrogens with one attached hydrogen (secondary N) is 1. The first kappa shape index (κ1) is 11.1. The van der Waals surface area contributed by atoms with Crippen molar-refractivity contribution in [2.24, 2.45) is 0 Å². The Hall–Kier alpha value is -2.74. The molecule has 4 aromatic rings. The van der Waals surface area contributed by atoms with Crippen LogP contribution in [0.15, 0.2) is 66.9 Å². The predicted octanol–water partition coefficient (Wildman–Crippen LogP) is 4.69. The van der Waals surface area contributed by atoms with Gasteiger partial charge in [-0.2, -0.15) is 0 Å². The molecule has 1 aromatic heterocycles. The highest BCUT2D eigenvalue weighted by Crippen LogP contribution is 2.31.